The van der Waals surface area contributed by atoms with Crippen molar-refractivity contribution in [3.63, 3.8) is 0 Å². The van der Waals surface area contributed by atoms with Crippen molar-refractivity contribution in [2.75, 3.05) is 0 Å². The Morgan fingerprint density at radius 1 is 1.45 bits per heavy atom. The summed E-state index contributed by atoms with van der Waals surface area (Å²) in [6, 6.07) is 7.83. The Balaban J connectivity index is 2.31. The van der Waals surface area contributed by atoms with E-state index in [-0.39, 0.29) is 10.8 Å². The Hall–Kier alpha value is -1.30. The minimum Gasteiger partial charge on any atom is -0.598 e. The molecule has 0 aliphatic rings. The lowest BCUT2D eigenvalue weighted by Crippen LogP contribution is -2.41. The number of fused-ring (bicyclic) bond motifs is 1. The summed E-state index contributed by atoms with van der Waals surface area (Å²) in [5.74, 6) is 0. The Bertz CT molecular complexity index is 588. The number of benzene rings is 1. The molecular weight excluding hydrogens is 270 g/mol. The second kappa shape index (κ2) is 5.99. The number of aromatic amines is 1. The molecule has 5 heteroatoms. The number of nitrogens with one attached hydrogen (secondary N) is 2. The fraction of sp³-hybridized carbons (Fsp3) is 0.400. The third kappa shape index (κ3) is 3.23. The Kier molecular flexibility index (Phi) is 4.52. The molecule has 2 N–H and O–H groups in total. The third-order valence-corrected chi connectivity index (χ3v) is 4.66. The molecule has 0 spiro atoms. The summed E-state index contributed by atoms with van der Waals surface area (Å²) in [4.78, 5) is 0. The number of nitrogens with zero attached hydrogens (tertiary/aromatic N) is 1. The van der Waals surface area contributed by atoms with Gasteiger partial charge in [-0.2, -0.15) is 5.10 Å². The first-order valence-corrected chi connectivity index (χ1v) is 7.80. The minimum absolute atomic E-state index is 0.0834. The molecule has 0 fully saturated rings. The van der Waals surface area contributed by atoms with Crippen molar-refractivity contribution < 1.29 is 4.55 Å². The maximum atomic E-state index is 12.3. The van der Waals surface area contributed by atoms with Crippen LogP contribution in [0.4, 0.5) is 0 Å². The summed E-state index contributed by atoms with van der Waals surface area (Å²) < 4.78 is 15.2. The van der Waals surface area contributed by atoms with Crippen molar-refractivity contribution in [3.8, 4) is 0 Å². The lowest BCUT2D eigenvalue weighted by atomic mass is 10.1. The molecule has 2 unspecified atom stereocenters. The van der Waals surface area contributed by atoms with Gasteiger partial charge in [-0.1, -0.05) is 24.3 Å². The first-order valence-electron chi connectivity index (χ1n) is 6.65. The summed E-state index contributed by atoms with van der Waals surface area (Å²) in [6.07, 6.45) is 2.52. The average molecular weight is 291 g/mol. The molecule has 2 rings (SSSR count). The normalized spacial score (nSPS) is 15.2. The monoisotopic (exact) mass is 291 g/mol. The SMILES string of the molecule is C=CCC(N[S+]([O-])C(C)(C)C)c1[nH]nc2ccccc12. The van der Waals surface area contributed by atoms with E-state index in [1.807, 2.05) is 51.1 Å². The molecule has 0 aliphatic carbocycles. The van der Waals surface area contributed by atoms with Crippen LogP contribution in [0, 0.1) is 0 Å². The molecule has 0 aliphatic heterocycles. The number of hydrogen-bond acceptors (Lipinski definition) is 3. The summed E-state index contributed by atoms with van der Waals surface area (Å²) in [5.41, 5.74) is 1.87. The molecular formula is C15H21N3OS. The highest BCUT2D eigenvalue weighted by Gasteiger charge is 2.30. The summed E-state index contributed by atoms with van der Waals surface area (Å²) in [6.45, 7) is 9.64. The lowest BCUT2D eigenvalue weighted by molar-refractivity contribution is 0.521. The summed E-state index contributed by atoms with van der Waals surface area (Å²) in [7, 11) is 0. The van der Waals surface area contributed by atoms with E-state index in [1.54, 1.807) is 0 Å². The van der Waals surface area contributed by atoms with E-state index in [4.69, 9.17) is 0 Å². The largest absolute Gasteiger partial charge is 0.598 e. The van der Waals surface area contributed by atoms with Crippen LogP contribution < -0.4 is 4.72 Å². The molecule has 1 heterocycles. The van der Waals surface area contributed by atoms with Crippen molar-refractivity contribution in [3.05, 3.63) is 42.6 Å². The molecule has 2 atom stereocenters. The molecule has 0 saturated heterocycles. The van der Waals surface area contributed by atoms with E-state index in [0.717, 1.165) is 16.6 Å². The van der Waals surface area contributed by atoms with E-state index in [9.17, 15) is 4.55 Å². The van der Waals surface area contributed by atoms with Crippen LogP contribution in [0.15, 0.2) is 36.9 Å². The minimum atomic E-state index is -1.14. The van der Waals surface area contributed by atoms with Gasteiger partial charge in [-0.15, -0.1) is 11.3 Å². The quantitative estimate of drug-likeness (QED) is 0.656. The zero-order valence-electron chi connectivity index (χ0n) is 12.1. The molecule has 0 amide bonds. The van der Waals surface area contributed by atoms with E-state index < -0.39 is 11.4 Å². The summed E-state index contributed by atoms with van der Waals surface area (Å²) in [5, 5.41) is 8.41. The van der Waals surface area contributed by atoms with Crippen molar-refractivity contribution in [2.24, 2.45) is 0 Å². The smallest absolute Gasteiger partial charge is 0.136 e. The van der Waals surface area contributed by atoms with Crippen LogP contribution in [0.25, 0.3) is 10.9 Å². The second-order valence-electron chi connectivity index (χ2n) is 5.73. The average Bonchev–Trinajstić information content (AvgIpc) is 2.80. The van der Waals surface area contributed by atoms with Gasteiger partial charge < -0.3 is 4.55 Å². The molecule has 4 nitrogen and oxygen atoms in total. The van der Waals surface area contributed by atoms with Crippen molar-refractivity contribution in [2.45, 2.75) is 38.0 Å². The highest BCUT2D eigenvalue weighted by molar-refractivity contribution is 7.90. The molecule has 2 aromatic rings. The Morgan fingerprint density at radius 2 is 2.15 bits per heavy atom. The fourth-order valence-electron chi connectivity index (χ4n) is 1.94. The van der Waals surface area contributed by atoms with Gasteiger partial charge in [-0.3, -0.25) is 5.10 Å². The van der Waals surface area contributed by atoms with Crippen molar-refractivity contribution in [1.82, 2.24) is 14.9 Å². The third-order valence-electron chi connectivity index (χ3n) is 3.05. The molecule has 20 heavy (non-hydrogen) atoms. The van der Waals surface area contributed by atoms with Gasteiger partial charge in [0.1, 0.15) is 4.75 Å². The zero-order chi connectivity index (χ0) is 14.8. The molecule has 108 valence electrons. The van der Waals surface area contributed by atoms with Crippen LogP contribution in [0.3, 0.4) is 0 Å². The van der Waals surface area contributed by atoms with Crippen molar-refractivity contribution >= 4 is 22.3 Å². The molecule has 0 bridgehead atoms. The van der Waals surface area contributed by atoms with Gasteiger partial charge >= 0.3 is 0 Å². The van der Waals surface area contributed by atoms with Crippen LogP contribution in [-0.4, -0.2) is 19.5 Å². The van der Waals surface area contributed by atoms with Crippen LogP contribution in [-0.2, 0) is 11.4 Å². The number of aromatic nitrogens is 2. The number of H-pyrrole nitrogens is 1. The molecule has 0 saturated carbocycles. The van der Waals surface area contributed by atoms with Crippen molar-refractivity contribution in [1.29, 1.82) is 0 Å². The first kappa shape index (κ1) is 15.1. The maximum Gasteiger partial charge on any atom is 0.136 e. The van der Waals surface area contributed by atoms with Gasteiger partial charge in [-0.25, -0.2) is 0 Å². The standard InChI is InChI=1S/C15H21N3OS/c1-5-8-13(18-20(19)15(2,3)4)14-11-9-6-7-10-12(11)16-17-14/h5-7,9-10,13,18H,1,8H2,2-4H3,(H,16,17). The topological polar surface area (TPSA) is 63.8 Å². The van der Waals surface area contributed by atoms with Gasteiger partial charge in [0.15, 0.2) is 0 Å². The maximum absolute atomic E-state index is 12.3. The second-order valence-corrected chi connectivity index (χ2v) is 7.73. The Labute approximate surface area is 123 Å². The first-order chi connectivity index (χ1) is 9.43. The van der Waals surface area contributed by atoms with Gasteiger partial charge in [0, 0.05) is 16.7 Å². The van der Waals surface area contributed by atoms with Gasteiger partial charge in [0.25, 0.3) is 0 Å². The molecule has 1 aromatic heterocycles. The number of hydrogen-bond donors (Lipinski definition) is 2. The van der Waals surface area contributed by atoms with Crippen LogP contribution in [0.1, 0.15) is 38.9 Å². The highest BCUT2D eigenvalue weighted by Crippen LogP contribution is 2.26. The van der Waals surface area contributed by atoms with Crippen LogP contribution >= 0.6 is 0 Å². The zero-order valence-corrected chi connectivity index (χ0v) is 13.0. The van der Waals surface area contributed by atoms with Crippen LogP contribution in [0.2, 0.25) is 0 Å². The van der Waals surface area contributed by atoms with Gasteiger partial charge in [0.05, 0.1) is 17.3 Å². The summed E-state index contributed by atoms with van der Waals surface area (Å²) >= 11 is -1.14. The van der Waals surface area contributed by atoms with Gasteiger partial charge in [0.2, 0.25) is 0 Å². The predicted octanol–water partition coefficient (Wildman–Crippen LogP) is 3.23. The molecule has 1 aromatic carbocycles. The van der Waals surface area contributed by atoms with E-state index in [0.29, 0.717) is 6.42 Å². The lowest BCUT2D eigenvalue weighted by Gasteiger charge is -2.27. The van der Waals surface area contributed by atoms with Gasteiger partial charge in [-0.05, 0) is 33.3 Å². The molecule has 0 radical (unpaired) electrons. The van der Waals surface area contributed by atoms with E-state index in [2.05, 4.69) is 21.5 Å². The van der Waals surface area contributed by atoms with E-state index in [1.165, 1.54) is 0 Å². The fourth-order valence-corrected chi connectivity index (χ4v) is 2.77. The van der Waals surface area contributed by atoms with E-state index >= 15 is 0 Å². The number of rotatable bonds is 5. The predicted molar refractivity (Wildman–Crippen MR) is 84.7 cm³/mol. The van der Waals surface area contributed by atoms with Crippen LogP contribution in [0.5, 0.6) is 0 Å². The Morgan fingerprint density at radius 3 is 2.80 bits per heavy atom. The highest BCUT2D eigenvalue weighted by atomic mass is 32.2. The number of para-hydroxylation sites is 1.